The van der Waals surface area contributed by atoms with E-state index < -0.39 is 23.7 Å². The van der Waals surface area contributed by atoms with Crippen molar-refractivity contribution in [3.05, 3.63) is 65.4 Å². The van der Waals surface area contributed by atoms with Crippen molar-refractivity contribution < 1.29 is 29.0 Å². The second kappa shape index (κ2) is 9.04. The maximum atomic E-state index is 13.1. The van der Waals surface area contributed by atoms with Gasteiger partial charge in [-0.2, -0.15) is 0 Å². The predicted molar refractivity (Wildman–Crippen MR) is 115 cm³/mol. The minimum Gasteiger partial charge on any atom is -0.503 e. The fourth-order valence-electron chi connectivity index (χ4n) is 3.60. The third-order valence-corrected chi connectivity index (χ3v) is 4.89. The number of rotatable bonds is 7. The number of benzene rings is 2. The number of ketones is 1. The highest BCUT2D eigenvalue weighted by atomic mass is 16.5. The molecule has 0 spiro atoms. The van der Waals surface area contributed by atoms with E-state index in [1.807, 2.05) is 13.8 Å². The quantitative estimate of drug-likeness (QED) is 0.532. The number of Topliss-reactive ketones (excluding diaryl/α,β-unsaturated/α-hetero) is 1. The SMILES string of the molecule is COc1cccc(N2C(=O)C(O)=C(C(=O)CC(C)C)C2c2ccc(OC(C)=O)cc2)c1. The van der Waals surface area contributed by atoms with E-state index in [9.17, 15) is 19.5 Å². The van der Waals surface area contributed by atoms with Crippen LogP contribution in [0.4, 0.5) is 5.69 Å². The van der Waals surface area contributed by atoms with Crippen molar-refractivity contribution in [2.24, 2.45) is 5.92 Å². The van der Waals surface area contributed by atoms with E-state index in [2.05, 4.69) is 0 Å². The maximum Gasteiger partial charge on any atom is 0.308 e. The third-order valence-electron chi connectivity index (χ3n) is 4.89. The van der Waals surface area contributed by atoms with Crippen LogP contribution in [0.1, 0.15) is 38.8 Å². The van der Waals surface area contributed by atoms with Crippen molar-refractivity contribution in [2.45, 2.75) is 33.2 Å². The molecule has 2 aromatic rings. The number of aliphatic hydroxyl groups is 1. The molecule has 1 aliphatic heterocycles. The maximum absolute atomic E-state index is 13.1. The van der Waals surface area contributed by atoms with Gasteiger partial charge >= 0.3 is 5.97 Å². The molecule has 0 aromatic heterocycles. The van der Waals surface area contributed by atoms with Gasteiger partial charge in [0.05, 0.1) is 18.7 Å². The average molecular weight is 423 g/mol. The lowest BCUT2D eigenvalue weighted by Gasteiger charge is -2.27. The Morgan fingerprint density at radius 1 is 1.10 bits per heavy atom. The van der Waals surface area contributed by atoms with E-state index >= 15 is 0 Å². The Morgan fingerprint density at radius 3 is 2.35 bits per heavy atom. The fraction of sp³-hybridized carbons (Fsp3) is 0.292. The van der Waals surface area contributed by atoms with Crippen LogP contribution >= 0.6 is 0 Å². The molecular formula is C24H25NO6. The first-order valence-corrected chi connectivity index (χ1v) is 9.95. The lowest BCUT2D eigenvalue weighted by Crippen LogP contribution is -2.31. The molecule has 0 aliphatic carbocycles. The van der Waals surface area contributed by atoms with Crippen LogP contribution in [0.3, 0.4) is 0 Å². The number of hydrogen-bond donors (Lipinski definition) is 1. The molecule has 0 saturated heterocycles. The van der Waals surface area contributed by atoms with Gasteiger partial charge in [0.2, 0.25) is 0 Å². The van der Waals surface area contributed by atoms with E-state index in [1.165, 1.54) is 18.9 Å². The van der Waals surface area contributed by atoms with Gasteiger partial charge in [-0.1, -0.05) is 32.0 Å². The molecular weight excluding hydrogens is 398 g/mol. The van der Waals surface area contributed by atoms with E-state index in [0.717, 1.165) is 0 Å². The van der Waals surface area contributed by atoms with Gasteiger partial charge in [0, 0.05) is 25.1 Å². The highest BCUT2D eigenvalue weighted by Crippen LogP contribution is 2.42. The molecule has 7 nitrogen and oxygen atoms in total. The summed E-state index contributed by atoms with van der Waals surface area (Å²) >= 11 is 0. The first kappa shape index (κ1) is 22.1. The van der Waals surface area contributed by atoms with E-state index in [4.69, 9.17) is 9.47 Å². The molecule has 1 N–H and O–H groups in total. The van der Waals surface area contributed by atoms with Crippen molar-refractivity contribution in [3.8, 4) is 11.5 Å². The summed E-state index contributed by atoms with van der Waals surface area (Å²) in [4.78, 5) is 38.7. The molecule has 1 aliphatic rings. The molecule has 1 amide bonds. The predicted octanol–water partition coefficient (Wildman–Crippen LogP) is 4.14. The lowest BCUT2D eigenvalue weighted by atomic mass is 9.92. The molecule has 7 heteroatoms. The van der Waals surface area contributed by atoms with Crippen molar-refractivity contribution in [3.63, 3.8) is 0 Å². The zero-order valence-electron chi connectivity index (χ0n) is 17.9. The molecule has 162 valence electrons. The summed E-state index contributed by atoms with van der Waals surface area (Å²) in [6.45, 7) is 5.10. The fourth-order valence-corrected chi connectivity index (χ4v) is 3.60. The third kappa shape index (κ3) is 4.60. The Labute approximate surface area is 180 Å². The number of amides is 1. The number of carbonyl (C=O) groups excluding carboxylic acids is 3. The van der Waals surface area contributed by atoms with Gasteiger partial charge in [-0.15, -0.1) is 0 Å². The Kier molecular flexibility index (Phi) is 6.44. The van der Waals surface area contributed by atoms with Gasteiger partial charge in [-0.05, 0) is 35.7 Å². The summed E-state index contributed by atoms with van der Waals surface area (Å²) in [5.74, 6) is -1.02. The van der Waals surface area contributed by atoms with E-state index in [-0.39, 0.29) is 23.7 Å². The van der Waals surface area contributed by atoms with Crippen molar-refractivity contribution in [1.82, 2.24) is 0 Å². The molecule has 3 rings (SSSR count). The first-order valence-electron chi connectivity index (χ1n) is 9.95. The Balaban J connectivity index is 2.11. The number of anilines is 1. The lowest BCUT2D eigenvalue weighted by molar-refractivity contribution is -0.131. The van der Waals surface area contributed by atoms with Gasteiger partial charge < -0.3 is 14.6 Å². The molecule has 2 aromatic carbocycles. The van der Waals surface area contributed by atoms with Crippen LogP contribution < -0.4 is 14.4 Å². The Morgan fingerprint density at radius 2 is 1.77 bits per heavy atom. The molecule has 1 heterocycles. The summed E-state index contributed by atoms with van der Waals surface area (Å²) in [5, 5.41) is 10.7. The molecule has 0 radical (unpaired) electrons. The van der Waals surface area contributed by atoms with Gasteiger partial charge in [-0.25, -0.2) is 0 Å². The van der Waals surface area contributed by atoms with Crippen molar-refractivity contribution in [1.29, 1.82) is 0 Å². The summed E-state index contributed by atoms with van der Waals surface area (Å²) in [5.41, 5.74) is 1.14. The number of esters is 1. The van der Waals surface area contributed by atoms with Crippen molar-refractivity contribution >= 4 is 23.3 Å². The smallest absolute Gasteiger partial charge is 0.308 e. The number of nitrogens with zero attached hydrogens (tertiary/aromatic N) is 1. The van der Waals surface area contributed by atoms with Crippen LogP contribution in [-0.2, 0) is 14.4 Å². The second-order valence-corrected chi connectivity index (χ2v) is 7.73. The summed E-state index contributed by atoms with van der Waals surface area (Å²) < 4.78 is 10.3. The van der Waals surface area contributed by atoms with Crippen LogP contribution in [-0.4, -0.2) is 29.9 Å². The highest BCUT2D eigenvalue weighted by Gasteiger charge is 2.44. The highest BCUT2D eigenvalue weighted by molar-refractivity contribution is 6.16. The van der Waals surface area contributed by atoms with Crippen LogP contribution in [0.25, 0.3) is 0 Å². The minimum atomic E-state index is -0.822. The topological polar surface area (TPSA) is 93.1 Å². The van der Waals surface area contributed by atoms with Crippen LogP contribution in [0.5, 0.6) is 11.5 Å². The van der Waals surface area contributed by atoms with Gasteiger partial charge in [0.15, 0.2) is 11.5 Å². The number of aliphatic hydroxyl groups excluding tert-OH is 1. The monoisotopic (exact) mass is 423 g/mol. The standard InChI is InChI=1S/C24H25NO6/c1-14(2)12-20(27)21-22(16-8-10-18(11-9-16)31-15(3)26)25(24(29)23(21)28)17-6-5-7-19(13-17)30-4/h5-11,13-14,22,28H,12H2,1-4H3. The number of hydrogen-bond acceptors (Lipinski definition) is 6. The normalized spacial score (nSPS) is 16.1. The van der Waals surface area contributed by atoms with E-state index in [0.29, 0.717) is 22.7 Å². The molecule has 1 atom stereocenters. The van der Waals surface area contributed by atoms with Crippen LogP contribution in [0, 0.1) is 5.92 Å². The number of methoxy groups -OCH3 is 1. The van der Waals surface area contributed by atoms with Crippen LogP contribution in [0.15, 0.2) is 59.9 Å². The summed E-state index contributed by atoms with van der Waals surface area (Å²) in [6.07, 6.45) is 0.195. The number of ether oxygens (including phenoxy) is 2. The zero-order chi connectivity index (χ0) is 22.7. The largest absolute Gasteiger partial charge is 0.503 e. The minimum absolute atomic E-state index is 0.0563. The molecule has 31 heavy (non-hydrogen) atoms. The number of carbonyl (C=O) groups is 3. The van der Waals surface area contributed by atoms with Crippen LogP contribution in [0.2, 0.25) is 0 Å². The first-order chi connectivity index (χ1) is 14.7. The van der Waals surface area contributed by atoms with Crippen molar-refractivity contribution in [2.75, 3.05) is 12.0 Å². The zero-order valence-corrected chi connectivity index (χ0v) is 17.9. The molecule has 0 saturated carbocycles. The van der Waals surface area contributed by atoms with Gasteiger partial charge in [0.1, 0.15) is 11.5 Å². The molecule has 0 fully saturated rings. The van der Waals surface area contributed by atoms with Gasteiger partial charge in [0.25, 0.3) is 5.91 Å². The Hall–Kier alpha value is -3.61. The summed E-state index contributed by atoms with van der Waals surface area (Å²) in [7, 11) is 1.52. The Bertz CT molecular complexity index is 1040. The van der Waals surface area contributed by atoms with E-state index in [1.54, 1.807) is 48.5 Å². The molecule has 1 unspecified atom stereocenters. The average Bonchev–Trinajstić information content (AvgIpc) is 2.98. The molecule has 0 bridgehead atoms. The van der Waals surface area contributed by atoms with Gasteiger partial charge in [-0.3, -0.25) is 19.3 Å². The second-order valence-electron chi connectivity index (χ2n) is 7.73. The summed E-state index contributed by atoms with van der Waals surface area (Å²) in [6, 6.07) is 12.5.